The van der Waals surface area contributed by atoms with Crippen molar-refractivity contribution >= 4 is 5.91 Å². The van der Waals surface area contributed by atoms with Gasteiger partial charge in [0.25, 0.3) is 0 Å². The molecule has 4 N–H and O–H groups in total. The maximum Gasteiger partial charge on any atom is 0.220 e. The molecule has 1 unspecified atom stereocenters. The molecule has 0 aliphatic rings. The van der Waals surface area contributed by atoms with Gasteiger partial charge in [-0.25, -0.2) is 0 Å². The SMILES string of the molecule is CCC(N)Cc1cccc(C)c1OCCC(N)=O. The smallest absolute Gasteiger partial charge is 0.220 e. The van der Waals surface area contributed by atoms with Gasteiger partial charge < -0.3 is 16.2 Å². The Balaban J connectivity index is 2.76. The fourth-order valence-corrected chi connectivity index (χ4v) is 1.76. The Labute approximate surface area is 108 Å². The molecule has 0 radical (unpaired) electrons. The van der Waals surface area contributed by atoms with Gasteiger partial charge in [-0.15, -0.1) is 0 Å². The van der Waals surface area contributed by atoms with E-state index in [-0.39, 0.29) is 18.4 Å². The lowest BCUT2D eigenvalue weighted by molar-refractivity contribution is -0.118. The summed E-state index contributed by atoms with van der Waals surface area (Å²) in [7, 11) is 0. The molecule has 0 aliphatic carbocycles. The number of aryl methyl sites for hydroxylation is 1. The molecule has 0 aromatic heterocycles. The van der Waals surface area contributed by atoms with Crippen LogP contribution in [0.5, 0.6) is 5.75 Å². The summed E-state index contributed by atoms with van der Waals surface area (Å²) >= 11 is 0. The van der Waals surface area contributed by atoms with Crippen LogP contribution in [0.2, 0.25) is 0 Å². The zero-order valence-corrected chi connectivity index (χ0v) is 11.1. The van der Waals surface area contributed by atoms with Gasteiger partial charge in [-0.1, -0.05) is 25.1 Å². The molecule has 1 aromatic rings. The normalized spacial score (nSPS) is 12.2. The Kier molecular flexibility index (Phi) is 5.65. The van der Waals surface area contributed by atoms with Gasteiger partial charge in [0.1, 0.15) is 5.75 Å². The van der Waals surface area contributed by atoms with E-state index in [0.29, 0.717) is 6.61 Å². The van der Waals surface area contributed by atoms with E-state index >= 15 is 0 Å². The van der Waals surface area contributed by atoms with Crippen LogP contribution in [0.1, 0.15) is 30.9 Å². The van der Waals surface area contributed by atoms with Crippen LogP contribution >= 0.6 is 0 Å². The number of rotatable bonds is 7. The first-order valence-corrected chi connectivity index (χ1v) is 6.29. The highest BCUT2D eigenvalue weighted by molar-refractivity contribution is 5.73. The van der Waals surface area contributed by atoms with Crippen molar-refractivity contribution in [2.24, 2.45) is 11.5 Å². The molecule has 1 rings (SSSR count). The van der Waals surface area contributed by atoms with Crippen LogP contribution in [-0.4, -0.2) is 18.6 Å². The summed E-state index contributed by atoms with van der Waals surface area (Å²) < 4.78 is 5.67. The third-order valence-corrected chi connectivity index (χ3v) is 2.89. The van der Waals surface area contributed by atoms with Crippen molar-refractivity contribution in [2.75, 3.05) is 6.61 Å². The zero-order chi connectivity index (χ0) is 13.5. The number of amides is 1. The van der Waals surface area contributed by atoms with Crippen LogP contribution in [-0.2, 0) is 11.2 Å². The summed E-state index contributed by atoms with van der Waals surface area (Å²) in [6, 6.07) is 6.13. The molecule has 1 amide bonds. The number of para-hydroxylation sites is 1. The summed E-state index contributed by atoms with van der Waals surface area (Å²) in [4.78, 5) is 10.7. The monoisotopic (exact) mass is 250 g/mol. The summed E-state index contributed by atoms with van der Waals surface area (Å²) in [5, 5.41) is 0. The number of benzene rings is 1. The molecule has 0 bridgehead atoms. The van der Waals surface area contributed by atoms with E-state index in [1.807, 2.05) is 25.1 Å². The van der Waals surface area contributed by atoms with Gasteiger partial charge in [-0.3, -0.25) is 4.79 Å². The number of hydrogen-bond donors (Lipinski definition) is 2. The topological polar surface area (TPSA) is 78.3 Å². The first-order valence-electron chi connectivity index (χ1n) is 6.29. The molecule has 0 saturated carbocycles. The van der Waals surface area contributed by atoms with Crippen molar-refractivity contribution in [3.05, 3.63) is 29.3 Å². The van der Waals surface area contributed by atoms with Crippen molar-refractivity contribution in [1.82, 2.24) is 0 Å². The summed E-state index contributed by atoms with van der Waals surface area (Å²) in [6.07, 6.45) is 1.94. The third kappa shape index (κ3) is 4.37. The van der Waals surface area contributed by atoms with Crippen LogP contribution < -0.4 is 16.2 Å². The highest BCUT2D eigenvalue weighted by atomic mass is 16.5. The predicted octanol–water partition coefficient (Wildman–Crippen LogP) is 1.53. The van der Waals surface area contributed by atoms with Gasteiger partial charge in [0.15, 0.2) is 0 Å². The predicted molar refractivity (Wildman–Crippen MR) is 72.5 cm³/mol. The van der Waals surface area contributed by atoms with Crippen molar-refractivity contribution in [1.29, 1.82) is 0 Å². The second kappa shape index (κ2) is 7.01. The molecule has 0 spiro atoms. The molecule has 0 saturated heterocycles. The molecule has 18 heavy (non-hydrogen) atoms. The number of ether oxygens (including phenoxy) is 1. The van der Waals surface area contributed by atoms with Crippen LogP contribution in [0, 0.1) is 6.92 Å². The van der Waals surface area contributed by atoms with Gasteiger partial charge in [0.05, 0.1) is 13.0 Å². The van der Waals surface area contributed by atoms with Crippen molar-refractivity contribution in [3.63, 3.8) is 0 Å². The molecule has 0 fully saturated rings. The van der Waals surface area contributed by atoms with E-state index in [4.69, 9.17) is 16.2 Å². The van der Waals surface area contributed by atoms with Gasteiger partial charge in [-0.05, 0) is 30.9 Å². The number of carbonyl (C=O) groups is 1. The van der Waals surface area contributed by atoms with E-state index in [2.05, 4.69) is 6.92 Å². The lowest BCUT2D eigenvalue weighted by atomic mass is 10.0. The zero-order valence-electron chi connectivity index (χ0n) is 11.1. The fourth-order valence-electron chi connectivity index (χ4n) is 1.76. The average Bonchev–Trinajstić information content (AvgIpc) is 2.32. The molecular weight excluding hydrogens is 228 g/mol. The summed E-state index contributed by atoms with van der Waals surface area (Å²) in [5.74, 6) is 0.484. The minimum absolute atomic E-state index is 0.130. The molecule has 4 heteroatoms. The Hall–Kier alpha value is -1.55. The minimum Gasteiger partial charge on any atom is -0.492 e. The number of nitrogens with two attached hydrogens (primary N) is 2. The molecular formula is C14H22N2O2. The van der Waals surface area contributed by atoms with Gasteiger partial charge in [0.2, 0.25) is 5.91 Å². The van der Waals surface area contributed by atoms with Crippen LogP contribution in [0.15, 0.2) is 18.2 Å². The lowest BCUT2D eigenvalue weighted by Gasteiger charge is -2.16. The standard InChI is InChI=1S/C14H22N2O2/c1-3-12(15)9-11-6-4-5-10(2)14(11)18-8-7-13(16)17/h4-6,12H,3,7-9,15H2,1-2H3,(H2,16,17). The molecule has 0 heterocycles. The van der Waals surface area contributed by atoms with Crippen molar-refractivity contribution in [3.8, 4) is 5.75 Å². The second-order valence-electron chi connectivity index (χ2n) is 4.50. The average molecular weight is 250 g/mol. The van der Waals surface area contributed by atoms with E-state index in [1.165, 1.54) is 0 Å². The second-order valence-corrected chi connectivity index (χ2v) is 4.50. The van der Waals surface area contributed by atoms with E-state index < -0.39 is 0 Å². The van der Waals surface area contributed by atoms with E-state index in [1.54, 1.807) is 0 Å². The van der Waals surface area contributed by atoms with Crippen LogP contribution in [0.4, 0.5) is 0 Å². The Morgan fingerprint density at radius 1 is 1.44 bits per heavy atom. The van der Waals surface area contributed by atoms with E-state index in [9.17, 15) is 4.79 Å². The van der Waals surface area contributed by atoms with Gasteiger partial charge in [0, 0.05) is 6.04 Å². The highest BCUT2D eigenvalue weighted by Crippen LogP contribution is 2.25. The maximum atomic E-state index is 10.7. The summed E-state index contributed by atoms with van der Waals surface area (Å²) in [5.41, 5.74) is 13.2. The number of hydrogen-bond acceptors (Lipinski definition) is 3. The first-order chi connectivity index (χ1) is 8.54. The van der Waals surface area contributed by atoms with Crippen molar-refractivity contribution in [2.45, 2.75) is 39.2 Å². The first kappa shape index (κ1) is 14.5. The largest absolute Gasteiger partial charge is 0.492 e. The Morgan fingerprint density at radius 3 is 2.78 bits per heavy atom. The third-order valence-electron chi connectivity index (χ3n) is 2.89. The number of carbonyl (C=O) groups excluding carboxylic acids is 1. The quantitative estimate of drug-likeness (QED) is 0.770. The Bertz CT molecular complexity index is 405. The summed E-state index contributed by atoms with van der Waals surface area (Å²) in [6.45, 7) is 4.36. The molecule has 100 valence electrons. The van der Waals surface area contributed by atoms with Gasteiger partial charge in [-0.2, -0.15) is 0 Å². The van der Waals surface area contributed by atoms with Gasteiger partial charge >= 0.3 is 0 Å². The molecule has 4 nitrogen and oxygen atoms in total. The lowest BCUT2D eigenvalue weighted by Crippen LogP contribution is -2.22. The maximum absolute atomic E-state index is 10.7. The van der Waals surface area contributed by atoms with Crippen LogP contribution in [0.25, 0.3) is 0 Å². The van der Waals surface area contributed by atoms with Crippen LogP contribution in [0.3, 0.4) is 0 Å². The molecule has 1 aromatic carbocycles. The number of primary amides is 1. The highest BCUT2D eigenvalue weighted by Gasteiger charge is 2.10. The van der Waals surface area contributed by atoms with Crippen molar-refractivity contribution < 1.29 is 9.53 Å². The van der Waals surface area contributed by atoms with E-state index in [0.717, 1.165) is 29.7 Å². The fraction of sp³-hybridized carbons (Fsp3) is 0.500. The Morgan fingerprint density at radius 2 is 2.17 bits per heavy atom. The minimum atomic E-state index is -0.351. The molecule has 0 aliphatic heterocycles. The molecule has 1 atom stereocenters.